The van der Waals surface area contributed by atoms with Gasteiger partial charge < -0.3 is 10.4 Å². The maximum Gasteiger partial charge on any atom is 0.304 e. The van der Waals surface area contributed by atoms with Gasteiger partial charge >= 0.3 is 5.97 Å². The van der Waals surface area contributed by atoms with Gasteiger partial charge in [0.1, 0.15) is 0 Å². The number of carbonyl (C=O) groups is 2. The van der Waals surface area contributed by atoms with Gasteiger partial charge in [0, 0.05) is 21.7 Å². The highest BCUT2D eigenvalue weighted by Crippen LogP contribution is 2.23. The van der Waals surface area contributed by atoms with Gasteiger partial charge in [-0.2, -0.15) is 0 Å². The summed E-state index contributed by atoms with van der Waals surface area (Å²) in [4.78, 5) is 22.1. The molecule has 0 saturated heterocycles. The van der Waals surface area contributed by atoms with Crippen molar-refractivity contribution in [3.8, 4) is 0 Å². The summed E-state index contributed by atoms with van der Waals surface area (Å²) in [7, 11) is 0. The zero-order chi connectivity index (χ0) is 13.0. The summed E-state index contributed by atoms with van der Waals surface area (Å²) in [6.07, 6.45) is -0.222. The molecule has 0 fully saturated rings. The molecule has 92 valence electrons. The van der Waals surface area contributed by atoms with Crippen molar-refractivity contribution in [2.75, 3.05) is 5.32 Å². The Hall–Kier alpha value is -1.26. The summed E-state index contributed by atoms with van der Waals surface area (Å²) in [5.41, 5.74) is 0.449. The third-order valence-electron chi connectivity index (χ3n) is 2.06. The molecule has 0 radical (unpaired) electrons. The number of halogens is 2. The van der Waals surface area contributed by atoms with Crippen LogP contribution in [0.3, 0.4) is 0 Å². The molecule has 1 aromatic carbocycles. The van der Waals surface area contributed by atoms with E-state index in [1.807, 2.05) is 0 Å². The molecule has 1 rings (SSSR count). The van der Waals surface area contributed by atoms with Crippen LogP contribution < -0.4 is 5.32 Å². The predicted molar refractivity (Wildman–Crippen MR) is 66.5 cm³/mol. The van der Waals surface area contributed by atoms with E-state index in [0.717, 1.165) is 0 Å². The van der Waals surface area contributed by atoms with Crippen LogP contribution >= 0.6 is 23.2 Å². The predicted octanol–water partition coefficient (Wildman–Crippen LogP) is 3.04. The number of hydrogen-bond donors (Lipinski definition) is 2. The molecule has 0 aromatic heterocycles. The SMILES string of the molecule is CC(CC(=O)O)C(=O)Nc1cc(Cl)cc(Cl)c1. The van der Waals surface area contributed by atoms with Crippen molar-refractivity contribution < 1.29 is 14.7 Å². The zero-order valence-corrected chi connectivity index (χ0v) is 10.5. The Kier molecular flexibility index (Phi) is 4.78. The van der Waals surface area contributed by atoms with Crippen LogP contribution in [0.4, 0.5) is 5.69 Å². The smallest absolute Gasteiger partial charge is 0.304 e. The molecule has 6 heteroatoms. The number of hydrogen-bond acceptors (Lipinski definition) is 2. The lowest BCUT2D eigenvalue weighted by Crippen LogP contribution is -2.22. The molecule has 0 bridgehead atoms. The first-order valence-electron chi connectivity index (χ1n) is 4.87. The van der Waals surface area contributed by atoms with Gasteiger partial charge in [-0.25, -0.2) is 0 Å². The molecule has 1 atom stereocenters. The van der Waals surface area contributed by atoms with Crippen molar-refractivity contribution in [1.29, 1.82) is 0 Å². The first-order chi connectivity index (χ1) is 7.88. The fraction of sp³-hybridized carbons (Fsp3) is 0.273. The highest BCUT2D eigenvalue weighted by Gasteiger charge is 2.16. The van der Waals surface area contributed by atoms with Gasteiger partial charge in [-0.3, -0.25) is 9.59 Å². The van der Waals surface area contributed by atoms with E-state index >= 15 is 0 Å². The second-order valence-corrected chi connectivity index (χ2v) is 4.52. The second-order valence-electron chi connectivity index (χ2n) is 3.65. The Balaban J connectivity index is 2.70. The van der Waals surface area contributed by atoms with Gasteiger partial charge in [-0.15, -0.1) is 0 Å². The molecule has 0 aliphatic heterocycles. The van der Waals surface area contributed by atoms with Crippen molar-refractivity contribution in [2.24, 2.45) is 5.92 Å². The molecule has 4 nitrogen and oxygen atoms in total. The minimum atomic E-state index is -1.02. The molecule has 17 heavy (non-hydrogen) atoms. The number of carboxylic acids is 1. The van der Waals surface area contributed by atoms with E-state index in [4.69, 9.17) is 28.3 Å². The maximum absolute atomic E-state index is 11.6. The van der Waals surface area contributed by atoms with E-state index in [1.165, 1.54) is 6.92 Å². The minimum absolute atomic E-state index is 0.222. The second kappa shape index (κ2) is 5.89. The third-order valence-corrected chi connectivity index (χ3v) is 2.49. The fourth-order valence-electron chi connectivity index (χ4n) is 1.25. The summed E-state index contributed by atoms with van der Waals surface area (Å²) >= 11 is 11.5. The molecule has 1 unspecified atom stereocenters. The summed E-state index contributed by atoms with van der Waals surface area (Å²) in [5, 5.41) is 11.9. The molecular weight excluding hydrogens is 265 g/mol. The highest BCUT2D eigenvalue weighted by atomic mass is 35.5. The molecule has 0 aliphatic rings. The number of amides is 1. The van der Waals surface area contributed by atoms with Gasteiger partial charge in [0.05, 0.1) is 6.42 Å². The van der Waals surface area contributed by atoms with Crippen molar-refractivity contribution in [3.63, 3.8) is 0 Å². The standard InChI is InChI=1S/C11H11Cl2NO3/c1-6(2-10(15)16)11(17)14-9-4-7(12)3-8(13)5-9/h3-6H,2H2,1H3,(H,14,17)(H,15,16). The Morgan fingerprint density at radius 1 is 1.29 bits per heavy atom. The van der Waals surface area contributed by atoms with E-state index in [0.29, 0.717) is 15.7 Å². The summed E-state index contributed by atoms with van der Waals surface area (Å²) in [6, 6.07) is 4.62. The summed E-state index contributed by atoms with van der Waals surface area (Å²) in [6.45, 7) is 1.54. The van der Waals surface area contributed by atoms with E-state index in [2.05, 4.69) is 5.32 Å². The van der Waals surface area contributed by atoms with Gasteiger partial charge in [0.15, 0.2) is 0 Å². The third kappa shape index (κ3) is 4.63. The van der Waals surface area contributed by atoms with Gasteiger partial charge in [-0.05, 0) is 18.2 Å². The molecule has 0 aliphatic carbocycles. The summed E-state index contributed by atoms with van der Waals surface area (Å²) in [5.74, 6) is -2.02. The van der Waals surface area contributed by atoms with Crippen LogP contribution in [-0.2, 0) is 9.59 Å². The van der Waals surface area contributed by atoms with Crippen molar-refractivity contribution in [3.05, 3.63) is 28.2 Å². The van der Waals surface area contributed by atoms with Crippen LogP contribution in [0.1, 0.15) is 13.3 Å². The Bertz CT molecular complexity index is 428. The minimum Gasteiger partial charge on any atom is -0.481 e. The number of nitrogens with one attached hydrogen (secondary N) is 1. The number of carbonyl (C=O) groups excluding carboxylic acids is 1. The van der Waals surface area contributed by atoms with Crippen LogP contribution in [0.5, 0.6) is 0 Å². The Morgan fingerprint density at radius 2 is 1.82 bits per heavy atom. The van der Waals surface area contributed by atoms with E-state index in [1.54, 1.807) is 18.2 Å². The maximum atomic E-state index is 11.6. The average Bonchev–Trinajstić information content (AvgIpc) is 2.14. The number of aliphatic carboxylic acids is 1. The first-order valence-corrected chi connectivity index (χ1v) is 5.63. The van der Waals surface area contributed by atoms with E-state index < -0.39 is 11.9 Å². The molecule has 2 N–H and O–H groups in total. The van der Waals surface area contributed by atoms with Crippen molar-refractivity contribution in [1.82, 2.24) is 0 Å². The van der Waals surface area contributed by atoms with Crippen molar-refractivity contribution >= 4 is 40.8 Å². The molecule has 0 spiro atoms. The van der Waals surface area contributed by atoms with Crippen LogP contribution in [-0.4, -0.2) is 17.0 Å². The monoisotopic (exact) mass is 275 g/mol. The van der Waals surface area contributed by atoms with Gasteiger partial charge in [0.2, 0.25) is 5.91 Å². The van der Waals surface area contributed by atoms with Gasteiger partial charge in [-0.1, -0.05) is 30.1 Å². The molecule has 0 saturated carbocycles. The Morgan fingerprint density at radius 3 is 2.29 bits per heavy atom. The molecule has 1 aromatic rings. The lowest BCUT2D eigenvalue weighted by atomic mass is 10.1. The topological polar surface area (TPSA) is 66.4 Å². The lowest BCUT2D eigenvalue weighted by molar-refractivity contribution is -0.139. The fourth-order valence-corrected chi connectivity index (χ4v) is 1.77. The number of benzene rings is 1. The van der Waals surface area contributed by atoms with E-state index in [9.17, 15) is 9.59 Å². The lowest BCUT2D eigenvalue weighted by Gasteiger charge is -2.10. The Labute approximate surface area is 109 Å². The van der Waals surface area contributed by atoms with Crippen LogP contribution in [0.2, 0.25) is 10.0 Å². The molecular formula is C11H11Cl2NO3. The van der Waals surface area contributed by atoms with Crippen LogP contribution in [0.25, 0.3) is 0 Å². The normalized spacial score (nSPS) is 11.9. The summed E-state index contributed by atoms with van der Waals surface area (Å²) < 4.78 is 0. The van der Waals surface area contributed by atoms with Crippen molar-refractivity contribution in [2.45, 2.75) is 13.3 Å². The quantitative estimate of drug-likeness (QED) is 0.888. The zero-order valence-electron chi connectivity index (χ0n) is 9.04. The molecule has 0 heterocycles. The number of carboxylic acid groups (broad SMARTS) is 1. The van der Waals surface area contributed by atoms with Crippen LogP contribution in [0.15, 0.2) is 18.2 Å². The highest BCUT2D eigenvalue weighted by molar-refractivity contribution is 6.35. The average molecular weight is 276 g/mol. The first kappa shape index (κ1) is 13.8. The molecule has 1 amide bonds. The number of anilines is 1. The van der Waals surface area contributed by atoms with Crippen LogP contribution in [0, 0.1) is 5.92 Å². The van der Waals surface area contributed by atoms with Gasteiger partial charge in [0.25, 0.3) is 0 Å². The number of rotatable bonds is 4. The van der Waals surface area contributed by atoms with E-state index in [-0.39, 0.29) is 12.3 Å². The largest absolute Gasteiger partial charge is 0.481 e.